The highest BCUT2D eigenvalue weighted by molar-refractivity contribution is 7.99. The molecule has 0 atom stereocenters. The summed E-state index contributed by atoms with van der Waals surface area (Å²) in [6.45, 7) is 4.14. The Bertz CT molecular complexity index is 1110. The number of thioether (sulfide) groups is 1. The Balaban J connectivity index is 1.81. The Labute approximate surface area is 158 Å². The van der Waals surface area contributed by atoms with Gasteiger partial charge in [0.15, 0.2) is 11.0 Å². The Kier molecular flexibility index (Phi) is 4.73. The summed E-state index contributed by atoms with van der Waals surface area (Å²) in [4.78, 5) is 12.5. The molecule has 0 saturated heterocycles. The van der Waals surface area contributed by atoms with Crippen LogP contribution in [0.4, 0.5) is 0 Å². The van der Waals surface area contributed by atoms with Gasteiger partial charge in [0.1, 0.15) is 0 Å². The first-order valence-electron chi connectivity index (χ1n) is 8.09. The van der Waals surface area contributed by atoms with Crippen LogP contribution in [0.1, 0.15) is 5.82 Å². The fraction of sp³-hybridized carbons (Fsp3) is 0.105. The molecule has 7 heteroatoms. The summed E-state index contributed by atoms with van der Waals surface area (Å²) < 4.78 is 4.74. The van der Waals surface area contributed by atoms with Crippen molar-refractivity contribution in [2.24, 2.45) is 0 Å². The first-order valence-corrected chi connectivity index (χ1v) is 9.90. The molecule has 0 spiro atoms. The van der Waals surface area contributed by atoms with Crippen molar-refractivity contribution >= 4 is 33.3 Å². The second-order valence-corrected chi connectivity index (χ2v) is 7.57. The van der Waals surface area contributed by atoms with Gasteiger partial charge < -0.3 is 0 Å². The van der Waals surface area contributed by atoms with Crippen LogP contribution in [0.15, 0.2) is 77.2 Å². The van der Waals surface area contributed by atoms with Crippen molar-refractivity contribution in [1.82, 2.24) is 19.3 Å². The van der Waals surface area contributed by atoms with E-state index >= 15 is 0 Å². The Morgan fingerprint density at radius 1 is 1.08 bits per heavy atom. The van der Waals surface area contributed by atoms with E-state index in [1.807, 2.05) is 65.2 Å². The van der Waals surface area contributed by atoms with Gasteiger partial charge >= 0.3 is 4.87 Å². The van der Waals surface area contributed by atoms with Crippen LogP contribution in [0.25, 0.3) is 15.9 Å². The van der Waals surface area contributed by atoms with E-state index in [4.69, 9.17) is 0 Å². The third kappa shape index (κ3) is 3.11. The molecular formula is C19H16N4OS2. The third-order valence-corrected chi connectivity index (χ3v) is 5.80. The predicted molar refractivity (Wildman–Crippen MR) is 107 cm³/mol. The fourth-order valence-corrected chi connectivity index (χ4v) is 4.37. The van der Waals surface area contributed by atoms with Crippen LogP contribution >= 0.6 is 23.1 Å². The number of rotatable bonds is 6. The molecule has 0 N–H and O–H groups in total. The molecule has 2 aromatic carbocycles. The van der Waals surface area contributed by atoms with Crippen LogP contribution in [-0.2, 0) is 6.54 Å². The molecule has 2 aromatic heterocycles. The SMILES string of the molecule is C=CCSc1nnc(Cn2c(=O)sc3ccccc32)n1-c1ccccc1. The standard InChI is InChI=1S/C19H16N4OS2/c1-2-12-25-18-21-20-17(23(18)14-8-4-3-5-9-14)13-22-15-10-6-7-11-16(15)26-19(22)24/h2-11H,1,12-13H2. The van der Waals surface area contributed by atoms with Crippen LogP contribution in [0.2, 0.25) is 0 Å². The summed E-state index contributed by atoms with van der Waals surface area (Å²) in [7, 11) is 0. The summed E-state index contributed by atoms with van der Waals surface area (Å²) >= 11 is 2.82. The van der Waals surface area contributed by atoms with Crippen LogP contribution < -0.4 is 4.87 Å². The summed E-state index contributed by atoms with van der Waals surface area (Å²) in [5.41, 5.74) is 1.90. The Morgan fingerprint density at radius 2 is 1.85 bits per heavy atom. The average molecular weight is 380 g/mol. The molecular weight excluding hydrogens is 364 g/mol. The molecule has 4 aromatic rings. The van der Waals surface area contributed by atoms with Crippen LogP contribution in [-0.4, -0.2) is 25.1 Å². The summed E-state index contributed by atoms with van der Waals surface area (Å²) in [5.74, 6) is 1.47. The third-order valence-electron chi connectivity index (χ3n) is 3.92. The van der Waals surface area contributed by atoms with E-state index in [0.29, 0.717) is 6.54 Å². The Hall–Kier alpha value is -2.64. The van der Waals surface area contributed by atoms with Crippen LogP contribution in [0, 0.1) is 0 Å². The molecule has 4 rings (SSSR count). The lowest BCUT2D eigenvalue weighted by Gasteiger charge is -2.10. The van der Waals surface area contributed by atoms with Gasteiger partial charge in [0, 0.05) is 11.4 Å². The molecule has 0 aliphatic carbocycles. The molecule has 2 heterocycles. The van der Waals surface area contributed by atoms with Gasteiger partial charge in [0.05, 0.1) is 16.8 Å². The number of hydrogen-bond acceptors (Lipinski definition) is 5. The van der Waals surface area contributed by atoms with Crippen molar-refractivity contribution in [2.45, 2.75) is 11.7 Å². The number of nitrogens with zero attached hydrogens (tertiary/aromatic N) is 4. The normalized spacial score (nSPS) is 11.1. The van der Waals surface area contributed by atoms with Gasteiger partial charge in [-0.25, -0.2) is 0 Å². The quantitative estimate of drug-likeness (QED) is 0.375. The van der Waals surface area contributed by atoms with Gasteiger partial charge in [0.25, 0.3) is 0 Å². The molecule has 0 amide bonds. The molecule has 0 radical (unpaired) electrons. The second-order valence-electron chi connectivity index (χ2n) is 5.59. The minimum atomic E-state index is 0.00843. The zero-order chi connectivity index (χ0) is 17.9. The highest BCUT2D eigenvalue weighted by Gasteiger charge is 2.16. The van der Waals surface area contributed by atoms with E-state index in [2.05, 4.69) is 16.8 Å². The number of fused-ring (bicyclic) bond motifs is 1. The van der Waals surface area contributed by atoms with Gasteiger partial charge in [-0.1, -0.05) is 59.5 Å². The predicted octanol–water partition coefficient (Wildman–Crippen LogP) is 3.97. The maximum Gasteiger partial charge on any atom is 0.308 e. The smallest absolute Gasteiger partial charge is 0.291 e. The van der Waals surface area contributed by atoms with Gasteiger partial charge in [-0.2, -0.15) is 0 Å². The maximum atomic E-state index is 12.5. The minimum absolute atomic E-state index is 0.00843. The number of aromatic nitrogens is 4. The zero-order valence-corrected chi connectivity index (χ0v) is 15.5. The lowest BCUT2D eigenvalue weighted by atomic mass is 10.3. The van der Waals surface area contributed by atoms with E-state index in [1.165, 1.54) is 11.3 Å². The van der Waals surface area contributed by atoms with Crippen molar-refractivity contribution in [3.63, 3.8) is 0 Å². The summed E-state index contributed by atoms with van der Waals surface area (Å²) in [6, 6.07) is 17.8. The van der Waals surface area contributed by atoms with Gasteiger partial charge in [-0.05, 0) is 24.3 Å². The largest absolute Gasteiger partial charge is 0.308 e. The topological polar surface area (TPSA) is 52.7 Å². The van der Waals surface area contributed by atoms with E-state index in [9.17, 15) is 4.79 Å². The molecule has 0 fully saturated rings. The van der Waals surface area contributed by atoms with E-state index in [-0.39, 0.29) is 4.87 Å². The van der Waals surface area contributed by atoms with Crippen LogP contribution in [0.5, 0.6) is 0 Å². The lowest BCUT2D eigenvalue weighted by molar-refractivity contribution is 0.726. The summed E-state index contributed by atoms with van der Waals surface area (Å²) in [5, 5.41) is 9.50. The van der Waals surface area contributed by atoms with Gasteiger partial charge in [-0.15, -0.1) is 16.8 Å². The molecule has 26 heavy (non-hydrogen) atoms. The molecule has 5 nitrogen and oxygen atoms in total. The monoisotopic (exact) mass is 380 g/mol. The molecule has 0 aliphatic rings. The van der Waals surface area contributed by atoms with Crippen molar-refractivity contribution in [1.29, 1.82) is 0 Å². The van der Waals surface area contributed by atoms with Crippen molar-refractivity contribution in [2.75, 3.05) is 5.75 Å². The van der Waals surface area contributed by atoms with Gasteiger partial charge in [0.2, 0.25) is 0 Å². The minimum Gasteiger partial charge on any atom is -0.291 e. The highest BCUT2D eigenvalue weighted by atomic mass is 32.2. The van der Waals surface area contributed by atoms with E-state index < -0.39 is 0 Å². The molecule has 0 bridgehead atoms. The second kappa shape index (κ2) is 7.31. The van der Waals surface area contributed by atoms with E-state index in [1.54, 1.807) is 16.3 Å². The fourth-order valence-electron chi connectivity index (χ4n) is 2.77. The number of hydrogen-bond donors (Lipinski definition) is 0. The number of thiazole rings is 1. The first-order chi connectivity index (χ1) is 12.8. The van der Waals surface area contributed by atoms with Crippen molar-refractivity contribution in [3.05, 3.63) is 82.7 Å². The van der Waals surface area contributed by atoms with Crippen LogP contribution in [0.3, 0.4) is 0 Å². The zero-order valence-electron chi connectivity index (χ0n) is 13.9. The molecule has 0 aliphatic heterocycles. The summed E-state index contributed by atoms with van der Waals surface area (Å²) in [6.07, 6.45) is 1.84. The Morgan fingerprint density at radius 3 is 2.65 bits per heavy atom. The van der Waals surface area contributed by atoms with E-state index in [0.717, 1.165) is 32.6 Å². The van der Waals surface area contributed by atoms with Gasteiger partial charge in [-0.3, -0.25) is 13.9 Å². The number of benzene rings is 2. The van der Waals surface area contributed by atoms with Crippen molar-refractivity contribution < 1.29 is 0 Å². The average Bonchev–Trinajstić information content (AvgIpc) is 3.22. The molecule has 0 saturated carbocycles. The molecule has 0 unspecified atom stereocenters. The lowest BCUT2D eigenvalue weighted by Crippen LogP contribution is -2.16. The molecule has 130 valence electrons. The van der Waals surface area contributed by atoms with Crippen molar-refractivity contribution in [3.8, 4) is 5.69 Å². The number of para-hydroxylation sites is 2. The first kappa shape index (κ1) is 16.8. The maximum absolute atomic E-state index is 12.5. The highest BCUT2D eigenvalue weighted by Crippen LogP contribution is 2.24.